The third kappa shape index (κ3) is 4.96. The van der Waals surface area contributed by atoms with Gasteiger partial charge in [-0.2, -0.15) is 0 Å². The van der Waals surface area contributed by atoms with Gasteiger partial charge < -0.3 is 14.7 Å². The van der Waals surface area contributed by atoms with Crippen LogP contribution >= 0.6 is 0 Å². The molecular formula is C28H36N4O3. The summed E-state index contributed by atoms with van der Waals surface area (Å²) in [5.74, 6) is -0.504. The minimum Gasteiger partial charge on any atom is -0.368 e. The molecular weight excluding hydrogens is 440 g/mol. The SMILES string of the molecule is Cc1ccccc1N1CCN(C(=O)C[C@]2(c3ccccc3C)CC(=O)N(CCN(C)C)C2=O)CC1. The van der Waals surface area contributed by atoms with E-state index in [-0.39, 0.29) is 30.6 Å². The molecule has 4 rings (SSSR count). The number of amides is 3. The third-order valence-corrected chi connectivity index (χ3v) is 7.38. The van der Waals surface area contributed by atoms with E-state index in [0.29, 0.717) is 26.2 Å². The van der Waals surface area contributed by atoms with Gasteiger partial charge in [0.1, 0.15) is 0 Å². The highest BCUT2D eigenvalue weighted by molar-refractivity contribution is 6.11. The Kier molecular flexibility index (Phi) is 7.26. The smallest absolute Gasteiger partial charge is 0.240 e. The van der Waals surface area contributed by atoms with Crippen molar-refractivity contribution in [3.05, 3.63) is 65.2 Å². The summed E-state index contributed by atoms with van der Waals surface area (Å²) >= 11 is 0. The van der Waals surface area contributed by atoms with Crippen molar-refractivity contribution in [2.24, 2.45) is 0 Å². The largest absolute Gasteiger partial charge is 0.368 e. The molecule has 2 aliphatic heterocycles. The molecule has 2 aliphatic rings. The molecule has 0 bridgehead atoms. The quantitative estimate of drug-likeness (QED) is 0.575. The maximum Gasteiger partial charge on any atom is 0.240 e. The first-order chi connectivity index (χ1) is 16.7. The molecule has 2 aromatic carbocycles. The molecule has 2 saturated heterocycles. The molecule has 0 spiro atoms. The van der Waals surface area contributed by atoms with Crippen molar-refractivity contribution in [3.63, 3.8) is 0 Å². The molecule has 2 aromatic rings. The lowest BCUT2D eigenvalue weighted by atomic mass is 9.74. The van der Waals surface area contributed by atoms with Crippen molar-refractivity contribution in [2.75, 3.05) is 58.3 Å². The molecule has 2 heterocycles. The van der Waals surface area contributed by atoms with Crippen LogP contribution in [0.4, 0.5) is 5.69 Å². The number of para-hydroxylation sites is 1. The number of benzene rings is 2. The van der Waals surface area contributed by atoms with E-state index in [1.807, 2.05) is 67.2 Å². The average molecular weight is 477 g/mol. The van der Waals surface area contributed by atoms with Crippen molar-refractivity contribution < 1.29 is 14.4 Å². The highest BCUT2D eigenvalue weighted by atomic mass is 16.2. The minimum atomic E-state index is -1.14. The fraction of sp³-hybridized carbons (Fsp3) is 0.464. The van der Waals surface area contributed by atoms with Crippen LogP contribution in [-0.4, -0.2) is 85.8 Å². The molecule has 0 saturated carbocycles. The molecule has 7 nitrogen and oxygen atoms in total. The lowest BCUT2D eigenvalue weighted by molar-refractivity contribution is -0.143. The zero-order valence-electron chi connectivity index (χ0n) is 21.3. The Morgan fingerprint density at radius 2 is 1.54 bits per heavy atom. The highest BCUT2D eigenvalue weighted by Gasteiger charge is 2.54. The van der Waals surface area contributed by atoms with Crippen LogP contribution < -0.4 is 4.90 Å². The Morgan fingerprint density at radius 3 is 2.17 bits per heavy atom. The monoisotopic (exact) mass is 476 g/mol. The first kappa shape index (κ1) is 24.9. The Bertz CT molecular complexity index is 1110. The van der Waals surface area contributed by atoms with Gasteiger partial charge in [-0.3, -0.25) is 19.3 Å². The van der Waals surface area contributed by atoms with Gasteiger partial charge in [-0.25, -0.2) is 0 Å². The number of hydrogen-bond donors (Lipinski definition) is 0. The number of aryl methyl sites for hydroxylation is 2. The summed E-state index contributed by atoms with van der Waals surface area (Å²) in [6, 6.07) is 15.9. The average Bonchev–Trinajstić information content (AvgIpc) is 3.07. The maximum absolute atomic E-state index is 13.8. The summed E-state index contributed by atoms with van der Waals surface area (Å²) in [6.45, 7) is 7.67. The second-order valence-electron chi connectivity index (χ2n) is 10.1. The van der Waals surface area contributed by atoms with E-state index in [2.05, 4.69) is 24.0 Å². The Labute approximate surface area is 208 Å². The van der Waals surface area contributed by atoms with E-state index < -0.39 is 5.41 Å². The number of rotatable bonds is 7. The number of carbonyl (C=O) groups is 3. The van der Waals surface area contributed by atoms with Gasteiger partial charge in [0.15, 0.2) is 0 Å². The third-order valence-electron chi connectivity index (χ3n) is 7.38. The molecule has 0 aliphatic carbocycles. The van der Waals surface area contributed by atoms with Crippen LogP contribution in [0.25, 0.3) is 0 Å². The standard InChI is InChI=1S/C28H36N4O3/c1-21-9-5-7-11-23(21)28(20-26(34)32(27(28)35)18-13-29(3)4)19-25(33)31-16-14-30(15-17-31)24-12-8-6-10-22(24)2/h5-12H,13-20H2,1-4H3/t28-/m1/s1. The fourth-order valence-corrected chi connectivity index (χ4v) is 5.37. The molecule has 2 fully saturated rings. The maximum atomic E-state index is 13.8. The van der Waals surface area contributed by atoms with Gasteiger partial charge in [-0.1, -0.05) is 42.5 Å². The Morgan fingerprint density at radius 1 is 0.914 bits per heavy atom. The predicted molar refractivity (Wildman–Crippen MR) is 137 cm³/mol. The zero-order chi connectivity index (χ0) is 25.2. The number of piperazine rings is 1. The first-order valence-corrected chi connectivity index (χ1v) is 12.4. The van der Waals surface area contributed by atoms with Gasteiger partial charge in [0, 0.05) is 57.8 Å². The van der Waals surface area contributed by atoms with Gasteiger partial charge in [0.2, 0.25) is 17.7 Å². The van der Waals surface area contributed by atoms with E-state index in [0.717, 1.165) is 24.2 Å². The summed E-state index contributed by atoms with van der Waals surface area (Å²) in [4.78, 5) is 47.9. The van der Waals surface area contributed by atoms with Gasteiger partial charge in [-0.05, 0) is 50.7 Å². The Balaban J connectivity index is 1.54. The summed E-state index contributed by atoms with van der Waals surface area (Å²) < 4.78 is 0. The van der Waals surface area contributed by atoms with Gasteiger partial charge in [0.05, 0.1) is 5.41 Å². The number of likely N-dealkylation sites (N-methyl/N-ethyl adjacent to an activating group) is 1. The van der Waals surface area contributed by atoms with Crippen LogP contribution in [0.5, 0.6) is 0 Å². The van der Waals surface area contributed by atoms with E-state index in [4.69, 9.17) is 0 Å². The second-order valence-corrected chi connectivity index (χ2v) is 10.1. The molecule has 186 valence electrons. The molecule has 7 heteroatoms. The van der Waals surface area contributed by atoms with Crippen LogP contribution in [0.3, 0.4) is 0 Å². The second kappa shape index (κ2) is 10.2. The molecule has 0 unspecified atom stereocenters. The van der Waals surface area contributed by atoms with E-state index >= 15 is 0 Å². The van der Waals surface area contributed by atoms with Gasteiger partial charge >= 0.3 is 0 Å². The minimum absolute atomic E-state index is 0.0191. The van der Waals surface area contributed by atoms with E-state index in [1.54, 1.807) is 0 Å². The van der Waals surface area contributed by atoms with Crippen LogP contribution in [-0.2, 0) is 19.8 Å². The predicted octanol–water partition coefficient (Wildman–Crippen LogP) is 2.60. The molecule has 0 radical (unpaired) electrons. The number of nitrogens with zero attached hydrogens (tertiary/aromatic N) is 4. The van der Waals surface area contributed by atoms with E-state index in [9.17, 15) is 14.4 Å². The number of anilines is 1. The normalized spacial score (nSPS) is 20.8. The molecule has 3 amide bonds. The molecule has 1 atom stereocenters. The van der Waals surface area contributed by atoms with Crippen molar-refractivity contribution in [3.8, 4) is 0 Å². The number of hydrogen-bond acceptors (Lipinski definition) is 5. The lowest BCUT2D eigenvalue weighted by Crippen LogP contribution is -2.51. The van der Waals surface area contributed by atoms with Crippen LogP contribution in [0.2, 0.25) is 0 Å². The molecule has 0 N–H and O–H groups in total. The topological polar surface area (TPSA) is 64.2 Å². The summed E-state index contributed by atoms with van der Waals surface area (Å²) in [5.41, 5.74) is 3.00. The van der Waals surface area contributed by atoms with Crippen molar-refractivity contribution in [1.29, 1.82) is 0 Å². The zero-order valence-corrected chi connectivity index (χ0v) is 21.3. The first-order valence-electron chi connectivity index (χ1n) is 12.4. The summed E-state index contributed by atoms with van der Waals surface area (Å²) in [6.07, 6.45) is 0.0598. The van der Waals surface area contributed by atoms with E-state index in [1.165, 1.54) is 16.2 Å². The number of likely N-dealkylation sites (tertiary alicyclic amines) is 1. The van der Waals surface area contributed by atoms with Crippen LogP contribution in [0, 0.1) is 13.8 Å². The van der Waals surface area contributed by atoms with Crippen LogP contribution in [0.1, 0.15) is 29.5 Å². The van der Waals surface area contributed by atoms with Crippen molar-refractivity contribution in [2.45, 2.75) is 32.1 Å². The van der Waals surface area contributed by atoms with Gasteiger partial charge in [0.25, 0.3) is 0 Å². The van der Waals surface area contributed by atoms with Crippen LogP contribution in [0.15, 0.2) is 48.5 Å². The summed E-state index contributed by atoms with van der Waals surface area (Å²) in [5, 5.41) is 0. The van der Waals surface area contributed by atoms with Crippen molar-refractivity contribution >= 4 is 23.4 Å². The summed E-state index contributed by atoms with van der Waals surface area (Å²) in [7, 11) is 3.83. The highest BCUT2D eigenvalue weighted by Crippen LogP contribution is 2.41. The molecule has 0 aromatic heterocycles. The van der Waals surface area contributed by atoms with Gasteiger partial charge in [-0.15, -0.1) is 0 Å². The molecule has 35 heavy (non-hydrogen) atoms. The van der Waals surface area contributed by atoms with Crippen molar-refractivity contribution in [1.82, 2.24) is 14.7 Å². The number of carbonyl (C=O) groups excluding carboxylic acids is 3. The Hall–Kier alpha value is -3.19. The number of imide groups is 1. The lowest BCUT2D eigenvalue weighted by Gasteiger charge is -2.38. The fourth-order valence-electron chi connectivity index (χ4n) is 5.37.